The first-order valence-electron chi connectivity index (χ1n) is 2.42. The van der Waals surface area contributed by atoms with Crippen LogP contribution in [-0.4, -0.2) is 19.9 Å². The van der Waals surface area contributed by atoms with Crippen molar-refractivity contribution in [3.63, 3.8) is 0 Å². The molecular weight excluding hydrogens is 109 g/mol. The Hall–Kier alpha value is -0.620. The van der Waals surface area contributed by atoms with Gasteiger partial charge in [-0.2, -0.15) is 5.26 Å². The molecule has 2 nitrogen and oxygen atoms in total. The average Bonchev–Trinajstić information content (AvgIpc) is 1.81. The van der Waals surface area contributed by atoms with Crippen LogP contribution in [0.4, 0.5) is 4.39 Å². The quantitative estimate of drug-likeness (QED) is 0.512. The highest BCUT2D eigenvalue weighted by Crippen LogP contribution is 1.81. The Morgan fingerprint density at radius 2 is 2.38 bits per heavy atom. The van der Waals surface area contributed by atoms with Crippen LogP contribution in [0.5, 0.6) is 0 Å². The highest BCUT2D eigenvalue weighted by atomic mass is 19.1. The molecular formula is C5H8FNO. The van der Waals surface area contributed by atoms with E-state index in [1.165, 1.54) is 0 Å². The van der Waals surface area contributed by atoms with Crippen molar-refractivity contribution in [2.75, 3.05) is 19.9 Å². The first-order chi connectivity index (χ1) is 3.91. The third-order valence-corrected chi connectivity index (χ3v) is 0.589. The molecule has 8 heavy (non-hydrogen) atoms. The van der Waals surface area contributed by atoms with Gasteiger partial charge < -0.3 is 4.74 Å². The lowest BCUT2D eigenvalue weighted by Gasteiger charge is -1.91. The molecule has 0 amide bonds. The number of nitriles is 1. The SMILES string of the molecule is N#CCOCCCF. The maximum absolute atomic E-state index is 11.3. The Morgan fingerprint density at radius 1 is 1.62 bits per heavy atom. The maximum Gasteiger partial charge on any atom is 0.133 e. The summed E-state index contributed by atoms with van der Waals surface area (Å²) in [6, 6.07) is 1.78. The molecule has 0 aliphatic rings. The number of hydrogen-bond acceptors (Lipinski definition) is 2. The molecule has 0 aliphatic heterocycles. The van der Waals surface area contributed by atoms with Crippen LogP contribution in [0.2, 0.25) is 0 Å². The Morgan fingerprint density at radius 3 is 2.88 bits per heavy atom. The zero-order chi connectivity index (χ0) is 6.24. The van der Waals surface area contributed by atoms with Gasteiger partial charge >= 0.3 is 0 Å². The number of rotatable bonds is 4. The largest absolute Gasteiger partial charge is 0.366 e. The summed E-state index contributed by atoms with van der Waals surface area (Å²) in [5.74, 6) is 0. The summed E-state index contributed by atoms with van der Waals surface area (Å²) in [5, 5.41) is 7.90. The fourth-order valence-electron chi connectivity index (χ4n) is 0.274. The topological polar surface area (TPSA) is 33.0 Å². The van der Waals surface area contributed by atoms with E-state index in [0.717, 1.165) is 0 Å². The number of alkyl halides is 1. The average molecular weight is 117 g/mol. The Labute approximate surface area is 47.9 Å². The molecule has 0 radical (unpaired) electrons. The first-order valence-corrected chi connectivity index (χ1v) is 2.42. The van der Waals surface area contributed by atoms with Gasteiger partial charge in [-0.1, -0.05) is 0 Å². The van der Waals surface area contributed by atoms with E-state index in [0.29, 0.717) is 13.0 Å². The zero-order valence-corrected chi connectivity index (χ0v) is 4.56. The van der Waals surface area contributed by atoms with Gasteiger partial charge in [0.2, 0.25) is 0 Å². The van der Waals surface area contributed by atoms with Crippen LogP contribution in [0.3, 0.4) is 0 Å². The second-order valence-electron chi connectivity index (χ2n) is 1.25. The summed E-state index contributed by atoms with van der Waals surface area (Å²) in [4.78, 5) is 0. The number of ether oxygens (including phenoxy) is 1. The van der Waals surface area contributed by atoms with Gasteiger partial charge in [-0.05, 0) is 6.42 Å². The van der Waals surface area contributed by atoms with Crippen LogP contribution in [0, 0.1) is 11.3 Å². The molecule has 0 aromatic carbocycles. The molecule has 46 valence electrons. The second kappa shape index (κ2) is 6.38. The lowest BCUT2D eigenvalue weighted by molar-refractivity contribution is 0.156. The molecule has 0 bridgehead atoms. The van der Waals surface area contributed by atoms with Crippen molar-refractivity contribution in [2.45, 2.75) is 6.42 Å². The summed E-state index contributed by atoms with van der Waals surface area (Å²) in [6.07, 6.45) is 0.391. The van der Waals surface area contributed by atoms with Crippen molar-refractivity contribution in [3.8, 4) is 6.07 Å². The zero-order valence-electron chi connectivity index (χ0n) is 4.56. The first kappa shape index (κ1) is 7.38. The molecule has 0 aliphatic carbocycles. The fourth-order valence-corrected chi connectivity index (χ4v) is 0.274. The van der Waals surface area contributed by atoms with Crippen molar-refractivity contribution in [1.82, 2.24) is 0 Å². The Balaban J connectivity index is 2.65. The van der Waals surface area contributed by atoms with Crippen molar-refractivity contribution in [3.05, 3.63) is 0 Å². The molecule has 0 spiro atoms. The molecule has 0 aromatic rings. The smallest absolute Gasteiger partial charge is 0.133 e. The minimum absolute atomic E-state index is 0.0694. The third kappa shape index (κ3) is 5.38. The van der Waals surface area contributed by atoms with E-state index in [9.17, 15) is 4.39 Å². The molecule has 0 saturated carbocycles. The van der Waals surface area contributed by atoms with Crippen LogP contribution < -0.4 is 0 Å². The van der Waals surface area contributed by atoms with Crippen LogP contribution >= 0.6 is 0 Å². The highest BCUT2D eigenvalue weighted by molar-refractivity contribution is 4.65. The van der Waals surface area contributed by atoms with E-state index < -0.39 is 0 Å². The Kier molecular flexibility index (Phi) is 5.89. The molecule has 0 saturated heterocycles. The minimum Gasteiger partial charge on any atom is -0.366 e. The normalized spacial score (nSPS) is 8.50. The van der Waals surface area contributed by atoms with Gasteiger partial charge in [0.05, 0.1) is 19.4 Å². The molecule has 0 atom stereocenters. The Bertz CT molecular complexity index is 79.0. The van der Waals surface area contributed by atoms with Gasteiger partial charge in [0.15, 0.2) is 0 Å². The number of nitrogens with zero attached hydrogens (tertiary/aromatic N) is 1. The van der Waals surface area contributed by atoms with Gasteiger partial charge in [0.1, 0.15) is 6.61 Å². The summed E-state index contributed by atoms with van der Waals surface area (Å²) in [7, 11) is 0. The van der Waals surface area contributed by atoms with Crippen LogP contribution in [0.25, 0.3) is 0 Å². The van der Waals surface area contributed by atoms with Gasteiger partial charge in [-0.25, -0.2) is 0 Å². The second-order valence-corrected chi connectivity index (χ2v) is 1.25. The molecule has 0 N–H and O–H groups in total. The molecule has 0 heterocycles. The predicted molar refractivity (Wildman–Crippen MR) is 27.0 cm³/mol. The van der Waals surface area contributed by atoms with Gasteiger partial charge in [-0.15, -0.1) is 0 Å². The van der Waals surface area contributed by atoms with E-state index in [1.54, 1.807) is 6.07 Å². The van der Waals surface area contributed by atoms with Crippen molar-refractivity contribution < 1.29 is 9.13 Å². The lowest BCUT2D eigenvalue weighted by Crippen LogP contribution is -1.94. The summed E-state index contributed by atoms with van der Waals surface area (Å²) in [6.45, 7) is 0.0511. The van der Waals surface area contributed by atoms with Crippen molar-refractivity contribution in [1.29, 1.82) is 5.26 Å². The van der Waals surface area contributed by atoms with E-state index in [1.807, 2.05) is 0 Å². The van der Waals surface area contributed by atoms with Crippen LogP contribution in [-0.2, 0) is 4.74 Å². The lowest BCUT2D eigenvalue weighted by atomic mass is 10.5. The minimum atomic E-state index is -0.370. The summed E-state index contributed by atoms with van der Waals surface area (Å²) < 4.78 is 15.9. The van der Waals surface area contributed by atoms with Gasteiger partial charge in [-0.3, -0.25) is 4.39 Å². The molecule has 0 unspecified atom stereocenters. The summed E-state index contributed by atoms with van der Waals surface area (Å²) >= 11 is 0. The van der Waals surface area contributed by atoms with Crippen LogP contribution in [0.15, 0.2) is 0 Å². The molecule has 0 fully saturated rings. The van der Waals surface area contributed by atoms with Crippen molar-refractivity contribution in [2.24, 2.45) is 0 Å². The van der Waals surface area contributed by atoms with E-state index >= 15 is 0 Å². The van der Waals surface area contributed by atoms with Crippen molar-refractivity contribution >= 4 is 0 Å². The standard InChI is InChI=1S/C5H8FNO/c6-2-1-4-8-5-3-7/h1-2,4-5H2. The molecule has 3 heteroatoms. The highest BCUT2D eigenvalue weighted by Gasteiger charge is 1.83. The predicted octanol–water partition coefficient (Wildman–Crippen LogP) is 0.886. The fraction of sp³-hybridized carbons (Fsp3) is 0.800. The van der Waals surface area contributed by atoms with Gasteiger partial charge in [0.25, 0.3) is 0 Å². The van der Waals surface area contributed by atoms with Crippen LogP contribution in [0.1, 0.15) is 6.42 Å². The maximum atomic E-state index is 11.3. The van der Waals surface area contributed by atoms with E-state index in [4.69, 9.17) is 5.26 Å². The summed E-state index contributed by atoms with van der Waals surface area (Å²) in [5.41, 5.74) is 0. The monoisotopic (exact) mass is 117 g/mol. The van der Waals surface area contributed by atoms with E-state index in [-0.39, 0.29) is 13.3 Å². The van der Waals surface area contributed by atoms with E-state index in [2.05, 4.69) is 4.74 Å². The van der Waals surface area contributed by atoms with Gasteiger partial charge in [0, 0.05) is 0 Å². The molecule has 0 aromatic heterocycles. The number of halogens is 1. The molecule has 0 rings (SSSR count). The number of hydrogen-bond donors (Lipinski definition) is 0. The third-order valence-electron chi connectivity index (χ3n) is 0.589.